The van der Waals surface area contributed by atoms with E-state index in [0.717, 1.165) is 19.3 Å². The van der Waals surface area contributed by atoms with Gasteiger partial charge in [-0.15, -0.1) is 0 Å². The Labute approximate surface area is 127 Å². The molecule has 0 unspecified atom stereocenters. The summed E-state index contributed by atoms with van der Waals surface area (Å²) in [6, 6.07) is 4.85. The van der Waals surface area contributed by atoms with Crippen molar-refractivity contribution < 1.29 is 9.59 Å². The topological polar surface area (TPSA) is 37.4 Å². The van der Waals surface area contributed by atoms with E-state index in [1.165, 1.54) is 4.90 Å². The molecule has 1 heterocycles. The summed E-state index contributed by atoms with van der Waals surface area (Å²) >= 11 is 12.0. The first-order chi connectivity index (χ1) is 9.49. The number of anilines is 1. The SMILES string of the molecule is C[C@H]1CC[C@@H]2C(=O)N(c3ccc(Cl)cc3Cl)C(=O)[C@@H]2C1. The lowest BCUT2D eigenvalue weighted by atomic mass is 9.76. The fourth-order valence-corrected chi connectivity index (χ4v) is 3.78. The van der Waals surface area contributed by atoms with E-state index < -0.39 is 0 Å². The molecule has 2 amide bonds. The number of fused-ring (bicyclic) bond motifs is 1. The number of carbonyl (C=O) groups excluding carboxylic acids is 2. The zero-order valence-electron chi connectivity index (χ0n) is 11.1. The number of hydrogen-bond acceptors (Lipinski definition) is 2. The van der Waals surface area contributed by atoms with Crippen LogP contribution < -0.4 is 4.90 Å². The number of halogens is 2. The molecule has 0 radical (unpaired) electrons. The summed E-state index contributed by atoms with van der Waals surface area (Å²) in [5.41, 5.74) is 0.452. The van der Waals surface area contributed by atoms with Crippen LogP contribution in [0.2, 0.25) is 10.0 Å². The molecule has 1 aromatic rings. The molecule has 3 rings (SSSR count). The second-order valence-electron chi connectivity index (χ2n) is 5.74. The van der Waals surface area contributed by atoms with E-state index in [1.807, 2.05) is 0 Å². The molecule has 3 nitrogen and oxygen atoms in total. The average Bonchev–Trinajstić information content (AvgIpc) is 2.63. The summed E-state index contributed by atoms with van der Waals surface area (Å²) in [6.07, 6.45) is 2.58. The molecular formula is C15H15Cl2NO2. The summed E-state index contributed by atoms with van der Waals surface area (Å²) in [4.78, 5) is 26.3. The molecule has 1 aliphatic carbocycles. The van der Waals surface area contributed by atoms with Gasteiger partial charge in [-0.05, 0) is 43.4 Å². The molecule has 1 aromatic carbocycles. The number of rotatable bonds is 1. The third-order valence-electron chi connectivity index (χ3n) is 4.34. The van der Waals surface area contributed by atoms with Gasteiger partial charge < -0.3 is 0 Å². The molecule has 0 bridgehead atoms. The van der Waals surface area contributed by atoms with Crippen LogP contribution in [0.3, 0.4) is 0 Å². The molecule has 0 spiro atoms. The van der Waals surface area contributed by atoms with Crippen molar-refractivity contribution in [2.24, 2.45) is 17.8 Å². The highest BCUT2D eigenvalue weighted by Gasteiger charge is 2.50. The van der Waals surface area contributed by atoms with Crippen LogP contribution in [-0.4, -0.2) is 11.8 Å². The summed E-state index contributed by atoms with van der Waals surface area (Å²) in [6.45, 7) is 2.13. The van der Waals surface area contributed by atoms with Crippen LogP contribution in [0.25, 0.3) is 0 Å². The normalized spacial score (nSPS) is 29.8. The van der Waals surface area contributed by atoms with Crippen molar-refractivity contribution >= 4 is 40.7 Å². The van der Waals surface area contributed by atoms with Gasteiger partial charge in [0.15, 0.2) is 0 Å². The Balaban J connectivity index is 1.98. The molecule has 3 atom stereocenters. The summed E-state index contributed by atoms with van der Waals surface area (Å²) < 4.78 is 0. The van der Waals surface area contributed by atoms with Crippen molar-refractivity contribution in [3.63, 3.8) is 0 Å². The van der Waals surface area contributed by atoms with Gasteiger partial charge >= 0.3 is 0 Å². The van der Waals surface area contributed by atoms with Gasteiger partial charge in [0.25, 0.3) is 0 Å². The standard InChI is InChI=1S/C15H15Cl2NO2/c1-8-2-4-10-11(6-8)15(20)18(14(10)19)13-5-3-9(16)7-12(13)17/h3,5,7-8,10-11H,2,4,6H2,1H3/t8-,10-,11+/m0/s1. The first-order valence-electron chi connectivity index (χ1n) is 6.82. The van der Waals surface area contributed by atoms with Gasteiger partial charge in [-0.3, -0.25) is 9.59 Å². The van der Waals surface area contributed by atoms with Crippen LogP contribution >= 0.6 is 23.2 Å². The fourth-order valence-electron chi connectivity index (χ4n) is 3.29. The summed E-state index contributed by atoms with van der Waals surface area (Å²) in [7, 11) is 0. The Morgan fingerprint density at radius 3 is 2.50 bits per heavy atom. The van der Waals surface area contributed by atoms with Crippen LogP contribution in [0.5, 0.6) is 0 Å². The number of nitrogens with zero attached hydrogens (tertiary/aromatic N) is 1. The smallest absolute Gasteiger partial charge is 0.237 e. The molecule has 0 N–H and O–H groups in total. The molecule has 2 aliphatic rings. The maximum Gasteiger partial charge on any atom is 0.237 e. The van der Waals surface area contributed by atoms with Crippen LogP contribution in [-0.2, 0) is 9.59 Å². The van der Waals surface area contributed by atoms with Crippen LogP contribution in [0, 0.1) is 17.8 Å². The zero-order chi connectivity index (χ0) is 14.4. The molecule has 1 saturated heterocycles. The predicted molar refractivity (Wildman–Crippen MR) is 79.0 cm³/mol. The lowest BCUT2D eigenvalue weighted by Gasteiger charge is -2.25. The highest BCUT2D eigenvalue weighted by molar-refractivity contribution is 6.38. The quantitative estimate of drug-likeness (QED) is 0.737. The Hall–Kier alpha value is -1.06. The van der Waals surface area contributed by atoms with Crippen molar-refractivity contribution in [1.29, 1.82) is 0 Å². The number of imide groups is 1. The number of hydrogen-bond donors (Lipinski definition) is 0. The van der Waals surface area contributed by atoms with Crippen LogP contribution in [0.4, 0.5) is 5.69 Å². The highest BCUT2D eigenvalue weighted by atomic mass is 35.5. The molecular weight excluding hydrogens is 297 g/mol. The van der Waals surface area contributed by atoms with Crippen molar-refractivity contribution in [3.8, 4) is 0 Å². The van der Waals surface area contributed by atoms with E-state index in [0.29, 0.717) is 21.7 Å². The Kier molecular flexibility index (Phi) is 3.51. The predicted octanol–water partition coefficient (Wildman–Crippen LogP) is 3.92. The van der Waals surface area contributed by atoms with Gasteiger partial charge in [0.1, 0.15) is 0 Å². The maximum atomic E-state index is 12.5. The second-order valence-corrected chi connectivity index (χ2v) is 6.58. The molecule has 106 valence electrons. The molecule has 0 aromatic heterocycles. The van der Waals surface area contributed by atoms with Crippen molar-refractivity contribution in [1.82, 2.24) is 0 Å². The van der Waals surface area contributed by atoms with Crippen molar-refractivity contribution in [2.45, 2.75) is 26.2 Å². The van der Waals surface area contributed by atoms with Crippen molar-refractivity contribution in [2.75, 3.05) is 4.90 Å². The molecule has 1 saturated carbocycles. The van der Waals surface area contributed by atoms with Gasteiger partial charge in [-0.2, -0.15) is 0 Å². The van der Waals surface area contributed by atoms with Crippen LogP contribution in [0.15, 0.2) is 18.2 Å². The highest BCUT2D eigenvalue weighted by Crippen LogP contribution is 2.43. The molecule has 1 aliphatic heterocycles. The molecule has 20 heavy (non-hydrogen) atoms. The fraction of sp³-hybridized carbons (Fsp3) is 0.467. The second kappa shape index (κ2) is 5.05. The van der Waals surface area contributed by atoms with Crippen molar-refractivity contribution in [3.05, 3.63) is 28.2 Å². The summed E-state index contributed by atoms with van der Waals surface area (Å²) in [5.74, 6) is -0.0935. The van der Waals surface area contributed by atoms with Gasteiger partial charge in [-0.25, -0.2) is 4.90 Å². The Morgan fingerprint density at radius 1 is 1.10 bits per heavy atom. The van der Waals surface area contributed by atoms with E-state index in [-0.39, 0.29) is 23.7 Å². The van der Waals surface area contributed by atoms with Gasteiger partial charge in [0.05, 0.1) is 22.5 Å². The third-order valence-corrected chi connectivity index (χ3v) is 4.88. The Bertz CT molecular complexity index is 587. The minimum absolute atomic E-state index is 0.115. The number of carbonyl (C=O) groups is 2. The summed E-state index contributed by atoms with van der Waals surface area (Å²) in [5, 5.41) is 0.828. The molecule has 5 heteroatoms. The first-order valence-corrected chi connectivity index (χ1v) is 7.57. The number of benzene rings is 1. The largest absolute Gasteiger partial charge is 0.274 e. The van der Waals surface area contributed by atoms with E-state index in [2.05, 4.69) is 6.92 Å². The van der Waals surface area contributed by atoms with E-state index in [4.69, 9.17) is 23.2 Å². The van der Waals surface area contributed by atoms with E-state index in [1.54, 1.807) is 18.2 Å². The molecule has 2 fully saturated rings. The third kappa shape index (κ3) is 2.13. The minimum Gasteiger partial charge on any atom is -0.274 e. The lowest BCUT2D eigenvalue weighted by Crippen LogP contribution is -2.31. The first kappa shape index (κ1) is 13.9. The average molecular weight is 312 g/mol. The van der Waals surface area contributed by atoms with Gasteiger partial charge in [0, 0.05) is 5.02 Å². The minimum atomic E-state index is -0.182. The van der Waals surface area contributed by atoms with E-state index >= 15 is 0 Å². The maximum absolute atomic E-state index is 12.5. The van der Waals surface area contributed by atoms with Gasteiger partial charge in [0.2, 0.25) is 11.8 Å². The monoisotopic (exact) mass is 311 g/mol. The zero-order valence-corrected chi connectivity index (χ0v) is 12.6. The van der Waals surface area contributed by atoms with E-state index in [9.17, 15) is 9.59 Å². The Morgan fingerprint density at radius 2 is 1.80 bits per heavy atom. The lowest BCUT2D eigenvalue weighted by molar-refractivity contribution is -0.122. The number of amides is 2. The van der Waals surface area contributed by atoms with Crippen LogP contribution in [0.1, 0.15) is 26.2 Å². The van der Waals surface area contributed by atoms with Gasteiger partial charge in [-0.1, -0.05) is 30.1 Å².